The van der Waals surface area contributed by atoms with Crippen molar-refractivity contribution < 1.29 is 4.21 Å². The van der Waals surface area contributed by atoms with Crippen LogP contribution in [0.5, 0.6) is 0 Å². The first-order chi connectivity index (χ1) is 4.33. The molecule has 1 rings (SSSR count). The smallest absolute Gasteiger partial charge is 0.165 e. The molecule has 1 atom stereocenters. The lowest BCUT2D eigenvalue weighted by Crippen LogP contribution is -2.17. The molecule has 1 aliphatic rings. The summed E-state index contributed by atoms with van der Waals surface area (Å²) in [5.74, 6) is 1.20. The van der Waals surface area contributed by atoms with Crippen LogP contribution in [0, 0.1) is 16.6 Å². The first-order valence-corrected chi connectivity index (χ1v) is 4.43. The maximum Gasteiger partial charge on any atom is 0.165 e. The fraction of sp³-hybridized carbons (Fsp3) is 0.833. The van der Waals surface area contributed by atoms with Crippen LogP contribution < -0.4 is 0 Å². The molecule has 0 saturated heterocycles. The topological polar surface area (TPSA) is 40.9 Å². The summed E-state index contributed by atoms with van der Waals surface area (Å²) in [6.07, 6.45) is 3.61. The second kappa shape index (κ2) is 2.98. The summed E-state index contributed by atoms with van der Waals surface area (Å²) in [6.45, 7) is 0. The lowest BCUT2D eigenvalue weighted by molar-refractivity contribution is 0.351. The molecule has 50 valence electrons. The molecular formula is C6H9NOS. The Balaban J connectivity index is 2.18. The minimum Gasteiger partial charge on any atom is -0.244 e. The van der Waals surface area contributed by atoms with E-state index in [4.69, 9.17) is 5.26 Å². The predicted octanol–water partition coefficient (Wildman–Crippen LogP) is 1.02. The Morgan fingerprint density at radius 2 is 2.33 bits per heavy atom. The van der Waals surface area contributed by atoms with Crippen LogP contribution in [-0.2, 0) is 10.8 Å². The van der Waals surface area contributed by atoms with E-state index < -0.39 is 10.8 Å². The van der Waals surface area contributed by atoms with Crippen molar-refractivity contribution in [2.24, 2.45) is 5.92 Å². The van der Waals surface area contributed by atoms with Crippen molar-refractivity contribution in [1.82, 2.24) is 0 Å². The van der Waals surface area contributed by atoms with Crippen LogP contribution in [0.4, 0.5) is 0 Å². The van der Waals surface area contributed by atoms with Crippen LogP contribution in [0.3, 0.4) is 0 Å². The van der Waals surface area contributed by atoms with Crippen LogP contribution >= 0.6 is 0 Å². The zero-order valence-electron chi connectivity index (χ0n) is 5.17. The molecule has 0 aromatic heterocycles. The summed E-state index contributed by atoms with van der Waals surface area (Å²) in [5.41, 5.74) is 0. The molecule has 0 aromatic carbocycles. The third-order valence-corrected chi connectivity index (χ3v) is 2.69. The van der Waals surface area contributed by atoms with Gasteiger partial charge in [0.15, 0.2) is 5.40 Å². The number of thiocyanates is 1. The van der Waals surface area contributed by atoms with Crippen LogP contribution in [0.25, 0.3) is 0 Å². The maximum atomic E-state index is 10.6. The van der Waals surface area contributed by atoms with E-state index in [9.17, 15) is 4.21 Å². The lowest BCUT2D eigenvalue weighted by atomic mass is 9.87. The highest BCUT2D eigenvalue weighted by Crippen LogP contribution is 2.26. The Morgan fingerprint density at radius 1 is 1.67 bits per heavy atom. The molecule has 9 heavy (non-hydrogen) atoms. The largest absolute Gasteiger partial charge is 0.244 e. The van der Waals surface area contributed by atoms with Gasteiger partial charge in [0.05, 0.1) is 0 Å². The molecule has 0 aliphatic heterocycles. The lowest BCUT2D eigenvalue weighted by Gasteiger charge is -2.22. The van der Waals surface area contributed by atoms with E-state index in [2.05, 4.69) is 0 Å². The van der Waals surface area contributed by atoms with Gasteiger partial charge in [-0.1, -0.05) is 6.42 Å². The van der Waals surface area contributed by atoms with Gasteiger partial charge in [0.1, 0.15) is 10.8 Å². The normalized spacial score (nSPS) is 22.1. The quantitative estimate of drug-likeness (QED) is 0.541. The third-order valence-electron chi connectivity index (χ3n) is 1.71. The van der Waals surface area contributed by atoms with Crippen LogP contribution in [0.1, 0.15) is 19.3 Å². The Morgan fingerprint density at radius 3 is 2.67 bits per heavy atom. The summed E-state index contributed by atoms with van der Waals surface area (Å²) in [7, 11) is -1.20. The molecule has 0 radical (unpaired) electrons. The molecule has 1 saturated carbocycles. The zero-order valence-corrected chi connectivity index (χ0v) is 5.99. The van der Waals surface area contributed by atoms with Crippen molar-refractivity contribution in [3.05, 3.63) is 0 Å². The monoisotopic (exact) mass is 143 g/mol. The van der Waals surface area contributed by atoms with E-state index in [-0.39, 0.29) is 0 Å². The SMILES string of the molecule is N#CS(=O)CC1CCC1. The second-order valence-corrected chi connectivity index (χ2v) is 3.61. The van der Waals surface area contributed by atoms with E-state index in [0.717, 1.165) is 0 Å². The van der Waals surface area contributed by atoms with Gasteiger partial charge in [-0.05, 0) is 18.8 Å². The predicted molar refractivity (Wildman–Crippen MR) is 36.0 cm³/mol. The fourth-order valence-corrected chi connectivity index (χ4v) is 1.75. The molecule has 3 heteroatoms. The maximum absolute atomic E-state index is 10.6. The molecule has 1 aliphatic carbocycles. The number of hydrogen-bond donors (Lipinski definition) is 0. The van der Waals surface area contributed by atoms with Gasteiger partial charge in [0.2, 0.25) is 0 Å². The first-order valence-electron chi connectivity index (χ1n) is 3.11. The van der Waals surface area contributed by atoms with Crippen LogP contribution in [0.15, 0.2) is 0 Å². The van der Waals surface area contributed by atoms with Crippen molar-refractivity contribution in [3.63, 3.8) is 0 Å². The van der Waals surface area contributed by atoms with Gasteiger partial charge in [-0.3, -0.25) is 0 Å². The van der Waals surface area contributed by atoms with Crippen LogP contribution in [-0.4, -0.2) is 9.96 Å². The molecule has 0 heterocycles. The summed E-state index contributed by atoms with van der Waals surface area (Å²) in [5, 5.41) is 9.89. The molecule has 0 aromatic rings. The molecule has 1 fully saturated rings. The van der Waals surface area contributed by atoms with Gasteiger partial charge in [0, 0.05) is 5.75 Å². The number of rotatable bonds is 2. The van der Waals surface area contributed by atoms with E-state index >= 15 is 0 Å². The number of nitrogens with zero attached hydrogens (tertiary/aromatic N) is 1. The average Bonchev–Trinajstić information content (AvgIpc) is 1.78. The second-order valence-electron chi connectivity index (χ2n) is 2.40. The minimum absolute atomic E-state index is 0.588. The molecule has 2 nitrogen and oxygen atoms in total. The van der Waals surface area contributed by atoms with Crippen molar-refractivity contribution in [2.45, 2.75) is 19.3 Å². The van der Waals surface area contributed by atoms with Crippen LogP contribution in [0.2, 0.25) is 0 Å². The van der Waals surface area contributed by atoms with Gasteiger partial charge < -0.3 is 0 Å². The highest BCUT2D eigenvalue weighted by molar-refractivity contribution is 7.89. The number of nitriles is 1. The Labute approximate surface area is 57.3 Å². The molecule has 0 N–H and O–H groups in total. The van der Waals surface area contributed by atoms with Gasteiger partial charge in [0.25, 0.3) is 0 Å². The van der Waals surface area contributed by atoms with Gasteiger partial charge >= 0.3 is 0 Å². The standard InChI is InChI=1S/C6H9NOS/c7-5-9(8)4-6-2-1-3-6/h6H,1-4H2. The zero-order chi connectivity index (χ0) is 6.69. The molecule has 1 unspecified atom stereocenters. The highest BCUT2D eigenvalue weighted by atomic mass is 32.2. The Kier molecular flexibility index (Phi) is 2.23. The fourth-order valence-electron chi connectivity index (χ4n) is 0.911. The Bertz CT molecular complexity index is 157. The Hall–Kier alpha value is -0.360. The van der Waals surface area contributed by atoms with E-state index in [1.165, 1.54) is 19.3 Å². The molecular weight excluding hydrogens is 134 g/mol. The van der Waals surface area contributed by atoms with E-state index in [1.807, 2.05) is 0 Å². The molecule has 0 bridgehead atoms. The minimum atomic E-state index is -1.20. The van der Waals surface area contributed by atoms with Gasteiger partial charge in [-0.25, -0.2) is 4.21 Å². The molecule has 0 amide bonds. The summed E-state index contributed by atoms with van der Waals surface area (Å²) < 4.78 is 10.6. The highest BCUT2D eigenvalue weighted by Gasteiger charge is 2.19. The van der Waals surface area contributed by atoms with Crippen molar-refractivity contribution >= 4 is 10.8 Å². The van der Waals surface area contributed by atoms with Gasteiger partial charge in [-0.2, -0.15) is 5.26 Å². The average molecular weight is 143 g/mol. The van der Waals surface area contributed by atoms with Crippen molar-refractivity contribution in [2.75, 3.05) is 5.75 Å². The number of hydrogen-bond acceptors (Lipinski definition) is 2. The van der Waals surface area contributed by atoms with Crippen molar-refractivity contribution in [3.8, 4) is 5.40 Å². The first kappa shape index (κ1) is 6.76. The van der Waals surface area contributed by atoms with Gasteiger partial charge in [-0.15, -0.1) is 0 Å². The van der Waals surface area contributed by atoms with Crippen molar-refractivity contribution in [1.29, 1.82) is 5.26 Å². The third kappa shape index (κ3) is 1.79. The van der Waals surface area contributed by atoms with E-state index in [1.54, 1.807) is 5.40 Å². The van der Waals surface area contributed by atoms with E-state index in [0.29, 0.717) is 11.7 Å². The molecule has 0 spiro atoms. The summed E-state index contributed by atoms with van der Waals surface area (Å²) in [6, 6.07) is 0. The summed E-state index contributed by atoms with van der Waals surface area (Å²) in [4.78, 5) is 0. The summed E-state index contributed by atoms with van der Waals surface area (Å²) >= 11 is 0.